The lowest BCUT2D eigenvalue weighted by molar-refractivity contribution is 0.145. The third-order valence-electron chi connectivity index (χ3n) is 7.74. The highest BCUT2D eigenvalue weighted by Gasteiger charge is 2.60. The summed E-state index contributed by atoms with van der Waals surface area (Å²) >= 11 is 0. The maximum Gasteiger partial charge on any atom is 0.638 e. The highest BCUT2D eigenvalue weighted by Crippen LogP contribution is 2.38. The van der Waals surface area contributed by atoms with Gasteiger partial charge in [-0.2, -0.15) is 0 Å². The van der Waals surface area contributed by atoms with Crippen LogP contribution in [0, 0.1) is 0 Å². The third-order valence-corrected chi connectivity index (χ3v) is 31.1. The van der Waals surface area contributed by atoms with E-state index in [4.69, 9.17) is 16.5 Å². The minimum atomic E-state index is -3.66. The second-order valence-corrected chi connectivity index (χ2v) is 29.3. The van der Waals surface area contributed by atoms with Gasteiger partial charge in [-0.05, 0) is 48.4 Å². The molecule has 0 saturated carbocycles. The molecule has 0 fully saturated rings. The van der Waals surface area contributed by atoms with Crippen LogP contribution in [0.5, 0.6) is 0 Å². The number of rotatable bonds is 22. The molecule has 0 rings (SSSR count). The van der Waals surface area contributed by atoms with Gasteiger partial charge in [-0.25, -0.2) is 0 Å². The van der Waals surface area contributed by atoms with Crippen molar-refractivity contribution in [1.82, 2.24) is 0 Å². The molecule has 0 spiro atoms. The lowest BCUT2D eigenvalue weighted by Crippen LogP contribution is -2.68. The molecule has 0 unspecified atom stereocenters. The maximum absolute atomic E-state index is 7.39. The molecule has 0 atom stereocenters. The molecule has 0 N–H and O–H groups in total. The zero-order valence-corrected chi connectivity index (χ0v) is 29.3. The molecule has 9 heteroatoms. The van der Waals surface area contributed by atoms with E-state index in [1.165, 1.54) is 0 Å². The van der Waals surface area contributed by atoms with Gasteiger partial charge in [0.05, 0.1) is 0 Å². The summed E-state index contributed by atoms with van der Waals surface area (Å²) in [5, 5.41) is 0. The van der Waals surface area contributed by atoms with Crippen LogP contribution in [0.3, 0.4) is 0 Å². The molecule has 0 radical (unpaired) electrons. The van der Waals surface area contributed by atoms with Gasteiger partial charge in [-0.15, -0.1) is 26.3 Å². The first-order chi connectivity index (χ1) is 16.6. The second-order valence-electron chi connectivity index (χ2n) is 9.61. The first kappa shape index (κ1) is 34.9. The molecular weight excluding hydrogens is 517 g/mol. The van der Waals surface area contributed by atoms with Crippen LogP contribution in [-0.4, -0.2) is 42.3 Å². The molecule has 0 aliphatic rings. The molecule has 204 valence electrons. The van der Waals surface area contributed by atoms with Gasteiger partial charge in [-0.3, -0.25) is 0 Å². The summed E-state index contributed by atoms with van der Waals surface area (Å²) in [5.41, 5.74) is 8.29. The summed E-state index contributed by atoms with van der Waals surface area (Å²) in [6.07, 6.45) is 2.07. The molecule has 0 aliphatic carbocycles. The zero-order chi connectivity index (χ0) is 27.2. The van der Waals surface area contributed by atoms with Gasteiger partial charge in [0.25, 0.3) is 0 Å². The van der Waals surface area contributed by atoms with Crippen LogP contribution in [0.1, 0.15) is 68.2 Å². The summed E-state index contributed by atoms with van der Waals surface area (Å²) in [6, 6.07) is 7.41. The summed E-state index contributed by atoms with van der Waals surface area (Å²) in [4.78, 5) is 0. The Labute approximate surface area is 223 Å². The lowest BCUT2D eigenvalue weighted by atomic mass is 10.6. The Morgan fingerprint density at radius 3 is 0.829 bits per heavy atom. The van der Waals surface area contributed by atoms with Gasteiger partial charge in [0.15, 0.2) is 0 Å². The van der Waals surface area contributed by atoms with Crippen molar-refractivity contribution in [2.75, 3.05) is 0 Å². The molecular formula is C26H56O4Si5. The Hall–Kier alpha value is -0.116. The average molecular weight is 573 g/mol. The molecule has 0 amide bonds. The molecule has 35 heavy (non-hydrogen) atoms. The van der Waals surface area contributed by atoms with Crippen molar-refractivity contribution >= 4 is 42.3 Å². The van der Waals surface area contributed by atoms with E-state index in [0.29, 0.717) is 0 Å². The van der Waals surface area contributed by atoms with Crippen molar-refractivity contribution in [1.29, 1.82) is 0 Å². The van der Waals surface area contributed by atoms with Crippen molar-refractivity contribution in [2.45, 2.75) is 117 Å². The van der Waals surface area contributed by atoms with E-state index in [2.05, 4.69) is 105 Å². The topological polar surface area (TPSA) is 36.9 Å². The van der Waals surface area contributed by atoms with Gasteiger partial charge in [-0.1, -0.05) is 91.0 Å². The summed E-state index contributed by atoms with van der Waals surface area (Å²) in [6.45, 7) is 34.6. The second kappa shape index (κ2) is 16.0. The number of hydrogen-bond donors (Lipinski definition) is 0. The monoisotopic (exact) mass is 572 g/mol. The van der Waals surface area contributed by atoms with Crippen LogP contribution in [0.4, 0.5) is 0 Å². The normalized spacial score (nSPS) is 13.5. The lowest BCUT2D eigenvalue weighted by Gasteiger charge is -2.48. The molecule has 0 bridgehead atoms. The Morgan fingerprint density at radius 2 is 0.657 bits per heavy atom. The Morgan fingerprint density at radius 1 is 0.429 bits per heavy atom. The van der Waals surface area contributed by atoms with E-state index in [1.807, 2.05) is 0 Å². The maximum atomic E-state index is 7.39. The van der Waals surface area contributed by atoms with Crippen molar-refractivity contribution < 1.29 is 16.5 Å². The Bertz CT molecular complexity index is 588. The molecule has 0 saturated heterocycles. The van der Waals surface area contributed by atoms with Gasteiger partial charge in [0.2, 0.25) is 33.3 Å². The minimum Gasteiger partial charge on any atom is -0.391 e. The fourth-order valence-electron chi connectivity index (χ4n) is 4.61. The van der Waals surface area contributed by atoms with Gasteiger partial charge >= 0.3 is 9.05 Å². The van der Waals surface area contributed by atoms with Crippen molar-refractivity contribution in [2.24, 2.45) is 0 Å². The van der Waals surface area contributed by atoms with Crippen LogP contribution >= 0.6 is 0 Å². The van der Waals surface area contributed by atoms with E-state index in [0.717, 1.165) is 61.2 Å². The van der Waals surface area contributed by atoms with Crippen molar-refractivity contribution in [3.63, 3.8) is 0 Å². The van der Waals surface area contributed by atoms with Crippen LogP contribution in [-0.2, 0) is 16.5 Å². The Kier molecular flexibility index (Phi) is 15.9. The SMILES string of the molecule is C=C[Si](CC)(CC)O[Si](O[Si](C=C)(CC)CC)(O[Si](C=C)(CC)CC)O[Si](C=C)(CCC)CCC. The molecule has 0 aromatic heterocycles. The standard InChI is InChI=1S/C26H56O4Si5/c1-13-25-34(24-12,26-14-2)30-35(27-31(15-3,16-4)17-5,28-32(18-6,19-7)20-8)29-33(21-9,22-10)23-11/h15,18,21,24H,3,6,9,12-14,16-17,19-20,22-23,25-26H2,1-2,4-5,7-8,10-11H3. The van der Waals surface area contributed by atoms with Gasteiger partial charge in [0.1, 0.15) is 0 Å². The summed E-state index contributed by atoms with van der Waals surface area (Å²) in [7, 11) is -13.2. The smallest absolute Gasteiger partial charge is 0.391 e. The Balaban J connectivity index is 7.37. The van der Waals surface area contributed by atoms with E-state index < -0.39 is 42.3 Å². The predicted molar refractivity (Wildman–Crippen MR) is 167 cm³/mol. The van der Waals surface area contributed by atoms with Crippen molar-refractivity contribution in [3.05, 3.63) is 49.1 Å². The summed E-state index contributed by atoms with van der Waals surface area (Å²) < 4.78 is 29.3. The van der Waals surface area contributed by atoms with Crippen molar-refractivity contribution in [3.8, 4) is 0 Å². The fourth-order valence-corrected chi connectivity index (χ4v) is 27.0. The molecule has 0 heterocycles. The quantitative estimate of drug-likeness (QED) is 0.121. The van der Waals surface area contributed by atoms with Crippen LogP contribution in [0.25, 0.3) is 0 Å². The van der Waals surface area contributed by atoms with Crippen LogP contribution in [0.2, 0.25) is 48.4 Å². The van der Waals surface area contributed by atoms with Crippen LogP contribution in [0.15, 0.2) is 49.1 Å². The highest BCUT2D eigenvalue weighted by atomic mass is 28.5. The van der Waals surface area contributed by atoms with E-state index in [1.54, 1.807) is 0 Å². The molecule has 4 nitrogen and oxygen atoms in total. The van der Waals surface area contributed by atoms with E-state index >= 15 is 0 Å². The number of hydrogen-bond acceptors (Lipinski definition) is 4. The largest absolute Gasteiger partial charge is 0.638 e. The van der Waals surface area contributed by atoms with Gasteiger partial charge in [0, 0.05) is 0 Å². The highest BCUT2D eigenvalue weighted by molar-refractivity contribution is 6.96. The first-order valence-corrected chi connectivity index (χ1v) is 25.1. The zero-order valence-electron chi connectivity index (χ0n) is 24.3. The molecule has 0 aliphatic heterocycles. The van der Waals surface area contributed by atoms with Crippen LogP contribution < -0.4 is 0 Å². The van der Waals surface area contributed by atoms with E-state index in [9.17, 15) is 0 Å². The average Bonchev–Trinajstić information content (AvgIpc) is 2.89. The predicted octanol–water partition coefficient (Wildman–Crippen LogP) is 9.11. The van der Waals surface area contributed by atoms with E-state index in [-0.39, 0.29) is 0 Å². The molecule has 0 aromatic rings. The minimum absolute atomic E-state index is 0.907. The first-order valence-electron chi connectivity index (χ1n) is 13.9. The fraction of sp³-hybridized carbons (Fsp3) is 0.692. The summed E-state index contributed by atoms with van der Waals surface area (Å²) in [5.74, 6) is 0. The third kappa shape index (κ3) is 8.99. The van der Waals surface area contributed by atoms with Gasteiger partial charge < -0.3 is 16.5 Å². The molecule has 0 aromatic carbocycles.